The molecule has 2 amide bonds. The number of nitrogens with one attached hydrogen (secondary N) is 1. The van der Waals surface area contributed by atoms with E-state index in [1.54, 1.807) is 36.4 Å². The minimum Gasteiger partial charge on any atom is -0.354 e. The highest BCUT2D eigenvalue weighted by molar-refractivity contribution is 7.92. The third kappa shape index (κ3) is 8.11. The van der Waals surface area contributed by atoms with Crippen molar-refractivity contribution in [1.29, 1.82) is 0 Å². The molecule has 0 bridgehead atoms. The fourth-order valence-electron chi connectivity index (χ4n) is 4.92. The van der Waals surface area contributed by atoms with Gasteiger partial charge in [0.05, 0.1) is 10.6 Å². The number of rotatable bonds is 13. The molecule has 43 heavy (non-hydrogen) atoms. The van der Waals surface area contributed by atoms with Gasteiger partial charge in [-0.15, -0.1) is 0 Å². The molecule has 4 aromatic rings. The van der Waals surface area contributed by atoms with Crippen LogP contribution in [0.3, 0.4) is 0 Å². The third-order valence-corrected chi connectivity index (χ3v) is 9.11. The second kappa shape index (κ2) is 14.6. The second-order valence-corrected chi connectivity index (χ2v) is 12.5. The number of anilines is 1. The van der Waals surface area contributed by atoms with Gasteiger partial charge in [-0.3, -0.25) is 13.9 Å². The van der Waals surface area contributed by atoms with Crippen molar-refractivity contribution in [3.05, 3.63) is 131 Å². The van der Waals surface area contributed by atoms with Crippen molar-refractivity contribution in [1.82, 2.24) is 10.2 Å². The SMILES string of the molecule is CCCNC(=O)[C@@H](Cc1ccccc1)N(Cc1ccccc1C)C(=O)CN(c1cccc(C)c1)S(=O)(=O)c1ccccc1. The summed E-state index contributed by atoms with van der Waals surface area (Å²) in [7, 11) is -4.11. The maximum absolute atomic E-state index is 14.5. The van der Waals surface area contributed by atoms with E-state index in [1.807, 2.05) is 81.4 Å². The summed E-state index contributed by atoms with van der Waals surface area (Å²) >= 11 is 0. The van der Waals surface area contributed by atoms with E-state index in [0.717, 1.165) is 33.0 Å². The van der Waals surface area contributed by atoms with Crippen LogP contribution in [0, 0.1) is 13.8 Å². The Balaban J connectivity index is 1.80. The lowest BCUT2D eigenvalue weighted by Crippen LogP contribution is -2.53. The molecule has 0 saturated carbocycles. The Morgan fingerprint density at radius 1 is 0.814 bits per heavy atom. The number of aryl methyl sites for hydroxylation is 2. The maximum Gasteiger partial charge on any atom is 0.264 e. The molecule has 0 saturated heterocycles. The van der Waals surface area contributed by atoms with Gasteiger partial charge in [0.25, 0.3) is 10.0 Å². The Kier molecular flexibility index (Phi) is 10.7. The summed E-state index contributed by atoms with van der Waals surface area (Å²) in [5.74, 6) is -0.752. The van der Waals surface area contributed by atoms with Gasteiger partial charge in [0.2, 0.25) is 11.8 Å². The average molecular weight is 598 g/mol. The van der Waals surface area contributed by atoms with Gasteiger partial charge in [-0.25, -0.2) is 8.42 Å². The van der Waals surface area contributed by atoms with Crippen molar-refractivity contribution in [2.45, 2.75) is 51.1 Å². The molecule has 0 fully saturated rings. The number of hydrogen-bond acceptors (Lipinski definition) is 4. The third-order valence-electron chi connectivity index (χ3n) is 7.32. The van der Waals surface area contributed by atoms with Crippen LogP contribution in [0.2, 0.25) is 0 Å². The molecule has 0 aliphatic rings. The summed E-state index contributed by atoms with van der Waals surface area (Å²) in [6.07, 6.45) is 1.02. The highest BCUT2D eigenvalue weighted by atomic mass is 32.2. The number of sulfonamides is 1. The first-order chi connectivity index (χ1) is 20.7. The molecule has 4 rings (SSSR count). The molecular weight excluding hydrogens is 558 g/mol. The summed E-state index contributed by atoms with van der Waals surface area (Å²) in [6.45, 7) is 5.94. The van der Waals surface area contributed by atoms with Crippen molar-refractivity contribution in [2.75, 3.05) is 17.4 Å². The number of carbonyl (C=O) groups is 2. The normalized spacial score (nSPS) is 11.9. The quantitative estimate of drug-likeness (QED) is 0.215. The molecule has 0 aliphatic heterocycles. The van der Waals surface area contributed by atoms with Crippen LogP contribution in [-0.4, -0.2) is 44.3 Å². The molecule has 0 aromatic heterocycles. The number of benzene rings is 4. The Morgan fingerprint density at radius 3 is 2.12 bits per heavy atom. The zero-order valence-electron chi connectivity index (χ0n) is 24.9. The number of hydrogen-bond donors (Lipinski definition) is 1. The Morgan fingerprint density at radius 2 is 1.47 bits per heavy atom. The standard InChI is InChI=1S/C35H39N3O4S/c1-4-22-36-35(40)33(24-29-16-7-5-8-17-29)37(25-30-18-12-11-15-28(30)3)34(39)26-38(31-19-13-14-27(2)23-31)43(41,42)32-20-9-6-10-21-32/h5-21,23,33H,4,22,24-26H2,1-3H3,(H,36,40)/t33-/m1/s1. The molecule has 8 heteroatoms. The number of nitrogens with zero attached hydrogens (tertiary/aromatic N) is 2. The van der Waals surface area contributed by atoms with Gasteiger partial charge < -0.3 is 10.2 Å². The summed E-state index contributed by atoms with van der Waals surface area (Å²) in [4.78, 5) is 29.8. The highest BCUT2D eigenvalue weighted by Crippen LogP contribution is 2.26. The molecule has 0 unspecified atom stereocenters. The molecule has 1 N–H and O–H groups in total. The molecule has 0 heterocycles. The Hall–Kier alpha value is -4.43. The summed E-state index contributed by atoms with van der Waals surface area (Å²) in [5, 5.41) is 2.97. The molecule has 7 nitrogen and oxygen atoms in total. The largest absolute Gasteiger partial charge is 0.354 e. The summed E-state index contributed by atoms with van der Waals surface area (Å²) < 4.78 is 29.2. The van der Waals surface area contributed by atoms with Crippen LogP contribution in [-0.2, 0) is 32.6 Å². The van der Waals surface area contributed by atoms with Gasteiger partial charge in [0, 0.05) is 19.5 Å². The minimum absolute atomic E-state index is 0.0799. The molecule has 4 aromatic carbocycles. The van der Waals surface area contributed by atoms with E-state index in [0.29, 0.717) is 12.2 Å². The van der Waals surface area contributed by atoms with E-state index < -0.39 is 28.5 Å². The van der Waals surface area contributed by atoms with Crippen LogP contribution in [0.4, 0.5) is 5.69 Å². The highest BCUT2D eigenvalue weighted by Gasteiger charge is 2.34. The Labute approximate surface area is 255 Å². The van der Waals surface area contributed by atoms with Gasteiger partial charge in [-0.1, -0.05) is 91.9 Å². The van der Waals surface area contributed by atoms with Crippen LogP contribution in [0.5, 0.6) is 0 Å². The predicted molar refractivity (Wildman–Crippen MR) is 171 cm³/mol. The monoisotopic (exact) mass is 597 g/mol. The second-order valence-electron chi connectivity index (χ2n) is 10.6. The first-order valence-electron chi connectivity index (χ1n) is 14.5. The van der Waals surface area contributed by atoms with Crippen molar-refractivity contribution in [3.63, 3.8) is 0 Å². The number of carbonyl (C=O) groups excluding carboxylic acids is 2. The van der Waals surface area contributed by atoms with Gasteiger partial charge in [0.15, 0.2) is 0 Å². The fraction of sp³-hybridized carbons (Fsp3) is 0.257. The van der Waals surface area contributed by atoms with E-state index >= 15 is 0 Å². The summed E-state index contributed by atoms with van der Waals surface area (Å²) in [5.41, 5.74) is 3.98. The summed E-state index contributed by atoms with van der Waals surface area (Å²) in [6, 6.07) is 31.6. The maximum atomic E-state index is 14.5. The molecule has 0 radical (unpaired) electrons. The van der Waals surface area contributed by atoms with Crippen molar-refractivity contribution >= 4 is 27.5 Å². The first kappa shape index (κ1) is 31.5. The van der Waals surface area contributed by atoms with E-state index in [-0.39, 0.29) is 23.8 Å². The lowest BCUT2D eigenvalue weighted by molar-refractivity contribution is -0.140. The van der Waals surface area contributed by atoms with Crippen molar-refractivity contribution < 1.29 is 18.0 Å². The molecular formula is C35H39N3O4S. The minimum atomic E-state index is -4.11. The van der Waals surface area contributed by atoms with E-state index in [1.165, 1.54) is 17.0 Å². The topological polar surface area (TPSA) is 86.8 Å². The van der Waals surface area contributed by atoms with Crippen LogP contribution in [0.15, 0.2) is 114 Å². The van der Waals surface area contributed by atoms with Crippen LogP contribution < -0.4 is 9.62 Å². The van der Waals surface area contributed by atoms with Gasteiger partial charge in [0.1, 0.15) is 12.6 Å². The van der Waals surface area contributed by atoms with Crippen molar-refractivity contribution in [3.8, 4) is 0 Å². The zero-order chi connectivity index (χ0) is 30.8. The molecule has 0 spiro atoms. The zero-order valence-corrected chi connectivity index (χ0v) is 25.8. The van der Waals surface area contributed by atoms with E-state index in [9.17, 15) is 18.0 Å². The lowest BCUT2D eigenvalue weighted by Gasteiger charge is -2.34. The smallest absolute Gasteiger partial charge is 0.264 e. The fourth-order valence-corrected chi connectivity index (χ4v) is 6.35. The van der Waals surface area contributed by atoms with Gasteiger partial charge in [-0.2, -0.15) is 0 Å². The van der Waals surface area contributed by atoms with E-state index in [4.69, 9.17) is 0 Å². The molecule has 224 valence electrons. The Bertz CT molecular complexity index is 1630. The number of amides is 2. The molecule has 0 aliphatic carbocycles. The van der Waals surface area contributed by atoms with Gasteiger partial charge in [-0.05, 0) is 66.8 Å². The van der Waals surface area contributed by atoms with Crippen LogP contribution in [0.1, 0.15) is 35.6 Å². The van der Waals surface area contributed by atoms with Crippen LogP contribution >= 0.6 is 0 Å². The van der Waals surface area contributed by atoms with Crippen molar-refractivity contribution in [2.24, 2.45) is 0 Å². The lowest BCUT2D eigenvalue weighted by atomic mass is 10.0. The van der Waals surface area contributed by atoms with E-state index in [2.05, 4.69) is 5.32 Å². The van der Waals surface area contributed by atoms with Gasteiger partial charge >= 0.3 is 0 Å². The molecule has 1 atom stereocenters. The predicted octanol–water partition coefficient (Wildman–Crippen LogP) is 5.67. The average Bonchev–Trinajstić information content (AvgIpc) is 3.02. The first-order valence-corrected chi connectivity index (χ1v) is 15.9. The van der Waals surface area contributed by atoms with Crippen LogP contribution in [0.25, 0.3) is 0 Å².